The molecule has 2 aromatic carbocycles. The molecular weight excluding hydrogens is 572 g/mol. The number of para-hydroxylation sites is 2. The molecule has 0 radical (unpaired) electrons. The minimum absolute atomic E-state index is 0.168. The normalized spacial score (nSPS) is 13.5. The molecule has 0 aliphatic rings. The van der Waals surface area contributed by atoms with Crippen LogP contribution in [0.1, 0.15) is 83.5 Å². The zero-order chi connectivity index (χ0) is 32.6. The molecule has 0 heterocycles. The van der Waals surface area contributed by atoms with Crippen molar-refractivity contribution in [1.29, 1.82) is 0 Å². The Morgan fingerprint density at radius 1 is 1.00 bits per heavy atom. The van der Waals surface area contributed by atoms with Gasteiger partial charge in [0.1, 0.15) is 23.4 Å². The molecule has 0 saturated carbocycles. The maximum Gasteiger partial charge on any atom is 0.408 e. The molecule has 43 heavy (non-hydrogen) atoms. The van der Waals surface area contributed by atoms with Crippen LogP contribution in [0.2, 0.25) is 5.02 Å². The number of rotatable bonds is 12. The first-order valence-corrected chi connectivity index (χ1v) is 14.7. The number of halogens is 1. The number of hydrogen-bond acceptors (Lipinski definition) is 6. The molecule has 2 aromatic rings. The van der Waals surface area contributed by atoms with Gasteiger partial charge >= 0.3 is 6.09 Å². The number of nitrogens with zero attached hydrogens (tertiary/aromatic N) is 1. The summed E-state index contributed by atoms with van der Waals surface area (Å²) in [6.45, 7) is 14.3. The van der Waals surface area contributed by atoms with Crippen LogP contribution in [-0.4, -0.2) is 51.5 Å². The third-order valence-corrected chi connectivity index (χ3v) is 7.16. The Morgan fingerprint density at radius 2 is 1.60 bits per heavy atom. The van der Waals surface area contributed by atoms with Crippen molar-refractivity contribution in [3.63, 3.8) is 0 Å². The zero-order valence-corrected chi connectivity index (χ0v) is 27.0. The fraction of sp³-hybridized carbons (Fsp3) is 0.500. The molecule has 5 N–H and O–H groups in total. The molecule has 2 rings (SSSR count). The summed E-state index contributed by atoms with van der Waals surface area (Å²) in [5.74, 6) is -2.10. The number of carbonyl (C=O) groups excluding carboxylic acids is 4. The van der Waals surface area contributed by atoms with Crippen molar-refractivity contribution < 1.29 is 29.0 Å². The lowest BCUT2D eigenvalue weighted by Crippen LogP contribution is -2.56. The molecule has 0 saturated heterocycles. The number of ether oxygens (including phenoxy) is 1. The van der Waals surface area contributed by atoms with Gasteiger partial charge < -0.3 is 31.1 Å². The third kappa shape index (κ3) is 10.2. The highest BCUT2D eigenvalue weighted by Crippen LogP contribution is 2.36. The van der Waals surface area contributed by atoms with Gasteiger partial charge in [0.05, 0.1) is 17.1 Å². The summed E-state index contributed by atoms with van der Waals surface area (Å²) in [5, 5.41) is 16.8. The van der Waals surface area contributed by atoms with Crippen LogP contribution < -0.4 is 16.4 Å². The van der Waals surface area contributed by atoms with E-state index in [0.717, 1.165) is 0 Å². The second-order valence-electron chi connectivity index (χ2n) is 12.3. The van der Waals surface area contributed by atoms with Crippen molar-refractivity contribution in [3.8, 4) is 5.75 Å². The number of nitrogens with one attached hydrogen (secondary N) is 2. The van der Waals surface area contributed by atoms with E-state index in [2.05, 4.69) is 10.6 Å². The molecule has 3 atom stereocenters. The Bertz CT molecular complexity index is 1300. The minimum Gasteiger partial charge on any atom is -0.507 e. The largest absolute Gasteiger partial charge is 0.507 e. The molecule has 0 bridgehead atoms. The molecule has 11 heteroatoms. The SMILES string of the molecule is Cc1cccc(C(C(=O)Nc2c(C)cccc2Cl)N(C(=O)C(CC(N)=O)NC(=O)OC(C)(C)C)C(C)CCC(C)C)c1O. The van der Waals surface area contributed by atoms with Gasteiger partial charge in [-0.25, -0.2) is 4.79 Å². The summed E-state index contributed by atoms with van der Waals surface area (Å²) < 4.78 is 5.35. The van der Waals surface area contributed by atoms with Gasteiger partial charge in [-0.3, -0.25) is 14.4 Å². The van der Waals surface area contributed by atoms with Crippen LogP contribution in [0.4, 0.5) is 10.5 Å². The van der Waals surface area contributed by atoms with Gasteiger partial charge in [0.2, 0.25) is 11.8 Å². The van der Waals surface area contributed by atoms with Crippen LogP contribution in [0.3, 0.4) is 0 Å². The molecule has 236 valence electrons. The zero-order valence-electron chi connectivity index (χ0n) is 26.3. The van der Waals surface area contributed by atoms with Gasteiger partial charge in [0, 0.05) is 11.6 Å². The van der Waals surface area contributed by atoms with Crippen molar-refractivity contribution >= 4 is 41.1 Å². The van der Waals surface area contributed by atoms with Crippen molar-refractivity contribution in [2.45, 2.75) is 98.4 Å². The molecule has 0 spiro atoms. The monoisotopic (exact) mass is 616 g/mol. The van der Waals surface area contributed by atoms with Crippen molar-refractivity contribution in [2.75, 3.05) is 5.32 Å². The van der Waals surface area contributed by atoms with Crippen molar-refractivity contribution in [1.82, 2.24) is 10.2 Å². The Labute approximate surface area is 259 Å². The summed E-state index contributed by atoms with van der Waals surface area (Å²) in [4.78, 5) is 54.8. The first kappa shape index (κ1) is 35.4. The number of primary amides is 1. The van der Waals surface area contributed by atoms with Gasteiger partial charge in [-0.15, -0.1) is 0 Å². The smallest absolute Gasteiger partial charge is 0.408 e. The Kier molecular flexibility index (Phi) is 12.4. The second kappa shape index (κ2) is 15.1. The molecule has 0 aliphatic heterocycles. The predicted molar refractivity (Wildman–Crippen MR) is 168 cm³/mol. The van der Waals surface area contributed by atoms with Crippen LogP contribution in [0, 0.1) is 19.8 Å². The van der Waals surface area contributed by atoms with Gasteiger partial charge in [0.25, 0.3) is 5.91 Å². The average Bonchev–Trinajstić information content (AvgIpc) is 2.87. The maximum absolute atomic E-state index is 14.4. The van der Waals surface area contributed by atoms with E-state index >= 15 is 0 Å². The van der Waals surface area contributed by atoms with Crippen molar-refractivity contribution in [3.05, 3.63) is 58.1 Å². The fourth-order valence-electron chi connectivity index (χ4n) is 4.65. The van der Waals surface area contributed by atoms with E-state index in [1.54, 1.807) is 77.9 Å². The van der Waals surface area contributed by atoms with E-state index in [9.17, 15) is 24.3 Å². The molecule has 3 unspecified atom stereocenters. The number of phenolic OH excluding ortho intramolecular Hbond substituents is 1. The number of phenols is 1. The van der Waals surface area contributed by atoms with Crippen LogP contribution in [0.15, 0.2) is 36.4 Å². The maximum atomic E-state index is 14.4. The fourth-order valence-corrected chi connectivity index (χ4v) is 4.91. The number of carbonyl (C=O) groups is 4. The number of alkyl carbamates (subject to hydrolysis) is 1. The standard InChI is InChI=1S/C32H45ClN4O6/c1-18(2)15-16-21(5)37(30(41)24(17-25(34)38)35-31(42)43-32(6,7)8)27(22-13-9-12-20(4)28(22)39)29(40)36-26-19(3)11-10-14-23(26)33/h9-14,18,21,24,27,39H,15-17H2,1-8H3,(H2,34,38)(H,35,42)(H,36,40). The molecule has 10 nitrogen and oxygen atoms in total. The van der Waals surface area contributed by atoms with Gasteiger partial charge in [-0.1, -0.05) is 55.8 Å². The van der Waals surface area contributed by atoms with Crippen molar-refractivity contribution in [2.24, 2.45) is 11.7 Å². The predicted octanol–water partition coefficient (Wildman–Crippen LogP) is 5.76. The summed E-state index contributed by atoms with van der Waals surface area (Å²) in [7, 11) is 0. The number of aryl methyl sites for hydroxylation is 2. The van der Waals surface area contributed by atoms with E-state index in [1.807, 2.05) is 13.8 Å². The number of benzene rings is 2. The molecule has 4 amide bonds. The van der Waals surface area contributed by atoms with Crippen LogP contribution in [0.25, 0.3) is 0 Å². The Balaban J connectivity index is 2.74. The topological polar surface area (TPSA) is 151 Å². The van der Waals surface area contributed by atoms with Crippen LogP contribution in [-0.2, 0) is 19.1 Å². The van der Waals surface area contributed by atoms with E-state index < -0.39 is 54.0 Å². The van der Waals surface area contributed by atoms with Gasteiger partial charge in [0.15, 0.2) is 0 Å². The lowest BCUT2D eigenvalue weighted by molar-refractivity contribution is -0.144. The van der Waals surface area contributed by atoms with Gasteiger partial charge in [-0.05, 0) is 77.5 Å². The Morgan fingerprint density at radius 3 is 2.16 bits per heavy atom. The molecule has 0 aromatic heterocycles. The van der Waals surface area contributed by atoms with Gasteiger partial charge in [-0.2, -0.15) is 0 Å². The summed E-state index contributed by atoms with van der Waals surface area (Å²) in [6, 6.07) is 6.68. The highest BCUT2D eigenvalue weighted by atomic mass is 35.5. The molecule has 0 fully saturated rings. The van der Waals surface area contributed by atoms with E-state index in [4.69, 9.17) is 22.1 Å². The molecule has 0 aliphatic carbocycles. The first-order chi connectivity index (χ1) is 19.9. The Hall–Kier alpha value is -3.79. The summed E-state index contributed by atoms with van der Waals surface area (Å²) in [6.07, 6.45) is -0.264. The summed E-state index contributed by atoms with van der Waals surface area (Å²) in [5.41, 5.74) is 6.33. The number of aromatic hydroxyl groups is 1. The number of amides is 4. The third-order valence-electron chi connectivity index (χ3n) is 6.85. The van der Waals surface area contributed by atoms with Crippen LogP contribution >= 0.6 is 11.6 Å². The van der Waals surface area contributed by atoms with E-state index in [0.29, 0.717) is 34.7 Å². The second-order valence-corrected chi connectivity index (χ2v) is 12.7. The van der Waals surface area contributed by atoms with Crippen LogP contribution in [0.5, 0.6) is 5.75 Å². The molecular formula is C32H45ClN4O6. The van der Waals surface area contributed by atoms with E-state index in [1.165, 1.54) is 4.90 Å². The number of anilines is 1. The quantitative estimate of drug-likeness (QED) is 0.238. The number of hydrogen-bond donors (Lipinski definition) is 4. The summed E-state index contributed by atoms with van der Waals surface area (Å²) >= 11 is 6.43. The first-order valence-electron chi connectivity index (χ1n) is 14.4. The van der Waals surface area contributed by atoms with E-state index in [-0.39, 0.29) is 17.2 Å². The average molecular weight is 617 g/mol. The highest BCUT2D eigenvalue weighted by Gasteiger charge is 2.41. The highest BCUT2D eigenvalue weighted by molar-refractivity contribution is 6.34. The minimum atomic E-state index is -1.45. The lowest BCUT2D eigenvalue weighted by atomic mass is 9.95. The lowest BCUT2D eigenvalue weighted by Gasteiger charge is -2.39. The number of nitrogens with two attached hydrogens (primary N) is 1.